The Morgan fingerprint density at radius 2 is 1.89 bits per heavy atom. The van der Waals surface area contributed by atoms with Crippen molar-refractivity contribution < 1.29 is 13.2 Å². The van der Waals surface area contributed by atoms with Crippen LogP contribution in [0.3, 0.4) is 0 Å². The van der Waals surface area contributed by atoms with Gasteiger partial charge in [0.15, 0.2) is 5.76 Å². The van der Waals surface area contributed by atoms with Gasteiger partial charge in [-0.15, -0.1) is 17.9 Å². The highest BCUT2D eigenvalue weighted by Gasteiger charge is 2.13. The summed E-state index contributed by atoms with van der Waals surface area (Å²) in [5, 5.41) is 7.08. The van der Waals surface area contributed by atoms with Crippen LogP contribution < -0.4 is 4.80 Å². The van der Waals surface area contributed by atoms with Crippen molar-refractivity contribution in [1.82, 2.24) is 4.68 Å². The number of hydrogen-bond donors (Lipinski definition) is 0. The zero-order valence-electron chi connectivity index (χ0n) is 14.7. The predicted molar refractivity (Wildman–Crippen MR) is 107 cm³/mol. The standard InChI is InChI=1S/C21H15F2N3OS/c1-2-10-24-21-26(25-12-15-16(22)7-5-8-17(15)23)18(13-28-21)20-11-14-6-3-4-9-19(14)27-20/h2-9,11-13H,1,10H2. The van der Waals surface area contributed by atoms with Crippen molar-refractivity contribution in [1.29, 1.82) is 0 Å². The number of furan rings is 1. The molecule has 0 aliphatic heterocycles. The molecule has 0 aliphatic rings. The van der Waals surface area contributed by atoms with Gasteiger partial charge in [-0.1, -0.05) is 30.3 Å². The summed E-state index contributed by atoms with van der Waals surface area (Å²) >= 11 is 1.35. The zero-order valence-corrected chi connectivity index (χ0v) is 15.5. The quantitative estimate of drug-likeness (QED) is 0.338. The van der Waals surface area contributed by atoms with Crippen LogP contribution in [0.15, 0.2) is 81.1 Å². The number of hydrogen-bond acceptors (Lipinski definition) is 4. The van der Waals surface area contributed by atoms with Crippen LogP contribution in [-0.2, 0) is 0 Å². The molecule has 0 bridgehead atoms. The first-order chi connectivity index (χ1) is 13.7. The fourth-order valence-corrected chi connectivity index (χ4v) is 3.52. The van der Waals surface area contributed by atoms with Gasteiger partial charge in [0.25, 0.3) is 0 Å². The Hall–Kier alpha value is -3.32. The van der Waals surface area contributed by atoms with Crippen LogP contribution in [0.2, 0.25) is 0 Å². The number of benzene rings is 2. The van der Waals surface area contributed by atoms with E-state index in [0.29, 0.717) is 22.8 Å². The maximum absolute atomic E-state index is 14.0. The maximum atomic E-state index is 14.0. The molecule has 0 unspecified atom stereocenters. The number of halogens is 2. The highest BCUT2D eigenvalue weighted by Crippen LogP contribution is 2.28. The van der Waals surface area contributed by atoms with Gasteiger partial charge in [-0.05, 0) is 24.3 Å². The van der Waals surface area contributed by atoms with Gasteiger partial charge in [-0.2, -0.15) is 5.10 Å². The molecule has 7 heteroatoms. The highest BCUT2D eigenvalue weighted by atomic mass is 32.1. The molecule has 4 nitrogen and oxygen atoms in total. The molecule has 0 fully saturated rings. The average Bonchev–Trinajstić information content (AvgIpc) is 3.29. The predicted octanol–water partition coefficient (Wildman–Crippen LogP) is 5.21. The van der Waals surface area contributed by atoms with Gasteiger partial charge in [0, 0.05) is 10.8 Å². The maximum Gasteiger partial charge on any atom is 0.206 e. The van der Waals surface area contributed by atoms with Crippen LogP contribution in [0.25, 0.3) is 22.4 Å². The molecular formula is C21H15F2N3OS. The Morgan fingerprint density at radius 1 is 1.11 bits per heavy atom. The van der Waals surface area contributed by atoms with Crippen LogP contribution in [0, 0.1) is 11.6 Å². The third-order valence-electron chi connectivity index (χ3n) is 4.02. The minimum atomic E-state index is -0.686. The van der Waals surface area contributed by atoms with Gasteiger partial charge in [0.1, 0.15) is 22.9 Å². The molecule has 0 aliphatic carbocycles. The van der Waals surface area contributed by atoms with E-state index < -0.39 is 11.6 Å². The lowest BCUT2D eigenvalue weighted by Gasteiger charge is -2.02. The molecule has 0 atom stereocenters. The van der Waals surface area contributed by atoms with Crippen LogP contribution in [0.4, 0.5) is 8.78 Å². The lowest BCUT2D eigenvalue weighted by atomic mass is 10.2. The van der Waals surface area contributed by atoms with Crippen LogP contribution in [-0.4, -0.2) is 17.4 Å². The molecule has 28 heavy (non-hydrogen) atoms. The van der Waals surface area contributed by atoms with E-state index in [1.807, 2.05) is 35.7 Å². The molecule has 0 saturated heterocycles. The first-order valence-corrected chi connectivity index (χ1v) is 9.34. The second-order valence-electron chi connectivity index (χ2n) is 5.87. The van der Waals surface area contributed by atoms with E-state index in [1.165, 1.54) is 34.2 Å². The summed E-state index contributed by atoms with van der Waals surface area (Å²) in [5.41, 5.74) is 1.16. The van der Waals surface area contributed by atoms with Gasteiger partial charge < -0.3 is 4.42 Å². The summed E-state index contributed by atoms with van der Waals surface area (Å²) in [7, 11) is 0. The van der Waals surface area contributed by atoms with Gasteiger partial charge in [0.2, 0.25) is 4.80 Å². The Labute approximate surface area is 163 Å². The fraction of sp³-hybridized carbons (Fsp3) is 0.0476. The molecule has 2 aromatic carbocycles. The first-order valence-electron chi connectivity index (χ1n) is 8.46. The van der Waals surface area contributed by atoms with Crippen molar-refractivity contribution >= 4 is 28.5 Å². The highest BCUT2D eigenvalue weighted by molar-refractivity contribution is 7.07. The van der Waals surface area contributed by atoms with Crippen LogP contribution >= 0.6 is 11.3 Å². The molecular weight excluding hydrogens is 380 g/mol. The Kier molecular flexibility index (Phi) is 4.99. The molecule has 0 radical (unpaired) electrons. The molecule has 0 N–H and O–H groups in total. The molecule has 0 amide bonds. The second-order valence-corrected chi connectivity index (χ2v) is 6.71. The number of thiazole rings is 1. The number of fused-ring (bicyclic) bond motifs is 1. The van der Waals surface area contributed by atoms with E-state index in [9.17, 15) is 8.78 Å². The topological polar surface area (TPSA) is 42.8 Å². The minimum Gasteiger partial charge on any atom is -0.454 e. The molecule has 2 heterocycles. The fourth-order valence-electron chi connectivity index (χ4n) is 2.69. The number of rotatable bonds is 5. The SMILES string of the molecule is C=CCN=c1scc(-c2cc3ccccc3o2)n1N=Cc1c(F)cccc1F. The van der Waals surface area contributed by atoms with Crippen molar-refractivity contribution in [3.8, 4) is 11.5 Å². The van der Waals surface area contributed by atoms with E-state index in [-0.39, 0.29) is 5.56 Å². The smallest absolute Gasteiger partial charge is 0.206 e. The third kappa shape index (κ3) is 3.44. The van der Waals surface area contributed by atoms with Crippen molar-refractivity contribution in [2.45, 2.75) is 0 Å². The van der Waals surface area contributed by atoms with Gasteiger partial charge >= 0.3 is 0 Å². The largest absolute Gasteiger partial charge is 0.454 e. The Morgan fingerprint density at radius 3 is 2.64 bits per heavy atom. The van der Waals surface area contributed by atoms with E-state index in [1.54, 1.807) is 6.08 Å². The summed E-state index contributed by atoms with van der Waals surface area (Å²) < 4.78 is 35.3. The van der Waals surface area contributed by atoms with Crippen molar-refractivity contribution in [3.05, 3.63) is 88.6 Å². The van der Waals surface area contributed by atoms with Gasteiger partial charge in [-0.3, -0.25) is 4.99 Å². The number of nitrogens with zero attached hydrogens (tertiary/aromatic N) is 3. The lowest BCUT2D eigenvalue weighted by molar-refractivity contribution is 0.579. The van der Waals surface area contributed by atoms with Gasteiger partial charge in [-0.25, -0.2) is 13.5 Å². The van der Waals surface area contributed by atoms with E-state index in [0.717, 1.165) is 17.2 Å². The normalized spacial score (nSPS) is 12.3. The monoisotopic (exact) mass is 395 g/mol. The Bertz CT molecular complexity index is 1200. The molecule has 4 aromatic rings. The van der Waals surface area contributed by atoms with Crippen molar-refractivity contribution in [3.63, 3.8) is 0 Å². The minimum absolute atomic E-state index is 0.216. The first kappa shape index (κ1) is 18.1. The number of para-hydroxylation sites is 1. The van der Waals surface area contributed by atoms with E-state index >= 15 is 0 Å². The molecule has 2 aromatic heterocycles. The van der Waals surface area contributed by atoms with Crippen molar-refractivity contribution in [2.24, 2.45) is 10.1 Å². The third-order valence-corrected chi connectivity index (χ3v) is 4.87. The van der Waals surface area contributed by atoms with Crippen LogP contribution in [0.1, 0.15) is 5.56 Å². The molecule has 4 rings (SSSR count). The zero-order chi connectivity index (χ0) is 19.5. The Balaban J connectivity index is 1.85. The van der Waals surface area contributed by atoms with E-state index in [4.69, 9.17) is 4.42 Å². The summed E-state index contributed by atoms with van der Waals surface area (Å²) in [6.07, 6.45) is 2.81. The second kappa shape index (κ2) is 7.74. The summed E-state index contributed by atoms with van der Waals surface area (Å²) in [5.74, 6) is -0.785. The summed E-state index contributed by atoms with van der Waals surface area (Å²) in [4.78, 5) is 4.96. The molecule has 140 valence electrons. The van der Waals surface area contributed by atoms with Crippen molar-refractivity contribution in [2.75, 3.05) is 6.54 Å². The molecule has 0 spiro atoms. The molecule has 0 saturated carbocycles. The van der Waals surface area contributed by atoms with Crippen LogP contribution in [0.5, 0.6) is 0 Å². The van der Waals surface area contributed by atoms with E-state index in [2.05, 4.69) is 16.7 Å². The lowest BCUT2D eigenvalue weighted by Crippen LogP contribution is -2.12. The summed E-state index contributed by atoms with van der Waals surface area (Å²) in [6.45, 7) is 4.05. The average molecular weight is 395 g/mol. The summed E-state index contributed by atoms with van der Waals surface area (Å²) in [6, 6.07) is 13.2. The number of aromatic nitrogens is 1. The van der Waals surface area contributed by atoms with Gasteiger partial charge in [0.05, 0.1) is 18.3 Å².